The van der Waals surface area contributed by atoms with Crippen molar-refractivity contribution in [1.29, 1.82) is 0 Å². The van der Waals surface area contributed by atoms with Gasteiger partial charge in [0.05, 0.1) is 12.1 Å². The van der Waals surface area contributed by atoms with Crippen molar-refractivity contribution in [2.24, 2.45) is 0 Å². The summed E-state index contributed by atoms with van der Waals surface area (Å²) in [4.78, 5) is 6.01. The highest BCUT2D eigenvalue weighted by Crippen LogP contribution is 2.35. The number of alkyl halides is 3. The molecule has 0 aromatic carbocycles. The van der Waals surface area contributed by atoms with Crippen molar-refractivity contribution in [3.8, 4) is 0 Å². The zero-order valence-electron chi connectivity index (χ0n) is 10.6. The Morgan fingerprint density at radius 1 is 1.30 bits per heavy atom. The maximum atomic E-state index is 12.9. The lowest BCUT2D eigenvalue weighted by Crippen LogP contribution is -2.12. The van der Waals surface area contributed by atoms with Crippen LogP contribution < -0.4 is 5.32 Å². The van der Waals surface area contributed by atoms with Crippen LogP contribution in [-0.2, 0) is 19.1 Å². The molecule has 0 fully saturated rings. The van der Waals surface area contributed by atoms with Crippen molar-refractivity contribution in [2.75, 3.05) is 5.32 Å². The van der Waals surface area contributed by atoms with Crippen LogP contribution in [0.4, 0.5) is 19.0 Å². The predicted molar refractivity (Wildman–Crippen MR) is 78.0 cm³/mol. The first-order chi connectivity index (χ1) is 9.40. The topological polar surface area (TPSA) is 24.9 Å². The Bertz CT molecular complexity index is 596. The number of pyridine rings is 1. The molecule has 2 aromatic rings. The first kappa shape index (κ1) is 15.3. The predicted octanol–water partition coefficient (Wildman–Crippen LogP) is 5.10. The molecule has 108 valence electrons. The van der Waals surface area contributed by atoms with Crippen LogP contribution in [0.2, 0.25) is 0 Å². The van der Waals surface area contributed by atoms with E-state index in [-0.39, 0.29) is 5.82 Å². The van der Waals surface area contributed by atoms with Crippen molar-refractivity contribution in [3.05, 3.63) is 44.2 Å². The van der Waals surface area contributed by atoms with Gasteiger partial charge in [0, 0.05) is 20.4 Å². The van der Waals surface area contributed by atoms with E-state index in [2.05, 4.69) is 26.2 Å². The van der Waals surface area contributed by atoms with E-state index in [0.717, 1.165) is 17.4 Å². The van der Waals surface area contributed by atoms with Crippen LogP contribution in [0.1, 0.15) is 22.2 Å². The molecule has 0 aliphatic carbocycles. The molecular weight excluding hydrogens is 353 g/mol. The van der Waals surface area contributed by atoms with E-state index < -0.39 is 11.7 Å². The Labute approximate surface area is 127 Å². The largest absolute Gasteiger partial charge is 0.419 e. The van der Waals surface area contributed by atoms with Crippen LogP contribution in [0.25, 0.3) is 0 Å². The number of hydrogen-bond donors (Lipinski definition) is 1. The van der Waals surface area contributed by atoms with E-state index in [1.54, 1.807) is 11.3 Å². The molecule has 7 heteroatoms. The van der Waals surface area contributed by atoms with Crippen molar-refractivity contribution in [3.63, 3.8) is 0 Å². The van der Waals surface area contributed by atoms with E-state index in [9.17, 15) is 13.2 Å². The van der Waals surface area contributed by atoms with Crippen LogP contribution >= 0.6 is 27.3 Å². The van der Waals surface area contributed by atoms with Crippen molar-refractivity contribution >= 4 is 33.1 Å². The fourth-order valence-electron chi connectivity index (χ4n) is 1.67. The fraction of sp³-hybridized carbons (Fsp3) is 0.308. The maximum Gasteiger partial charge on any atom is 0.419 e. The number of nitrogens with one attached hydrogen (secondary N) is 1. The highest BCUT2D eigenvalue weighted by atomic mass is 79.9. The molecule has 2 nitrogen and oxygen atoms in total. The van der Waals surface area contributed by atoms with Crippen molar-refractivity contribution in [2.45, 2.75) is 26.1 Å². The van der Waals surface area contributed by atoms with Crippen LogP contribution in [0, 0.1) is 0 Å². The Hall–Kier alpha value is -1.08. The molecule has 0 amide bonds. The van der Waals surface area contributed by atoms with Gasteiger partial charge in [0.2, 0.25) is 0 Å². The first-order valence-corrected chi connectivity index (χ1v) is 7.55. The molecule has 0 unspecified atom stereocenters. The van der Waals surface area contributed by atoms with Gasteiger partial charge in [-0.2, -0.15) is 13.2 Å². The summed E-state index contributed by atoms with van der Waals surface area (Å²) in [5, 5.41) is 2.76. The van der Waals surface area contributed by atoms with Gasteiger partial charge in [0.15, 0.2) is 0 Å². The van der Waals surface area contributed by atoms with Crippen LogP contribution in [0.3, 0.4) is 0 Å². The summed E-state index contributed by atoms with van der Waals surface area (Å²) in [6, 6.07) is 4.94. The van der Waals surface area contributed by atoms with Gasteiger partial charge in [-0.25, -0.2) is 4.98 Å². The van der Waals surface area contributed by atoms with Gasteiger partial charge in [-0.1, -0.05) is 6.92 Å². The third kappa shape index (κ3) is 3.73. The van der Waals surface area contributed by atoms with Gasteiger partial charge < -0.3 is 5.32 Å². The number of halogens is 4. The standard InChI is InChI=1S/C13H12BrF3N2S/c1-2-9-3-4-10(20-9)7-19-12-11(13(15,16)17)5-8(14)6-18-12/h3-6H,2,7H2,1H3,(H,18,19). The lowest BCUT2D eigenvalue weighted by Gasteiger charge is -2.13. The Balaban J connectivity index is 2.17. The molecule has 1 N–H and O–H groups in total. The quantitative estimate of drug-likeness (QED) is 0.816. The number of nitrogens with zero attached hydrogens (tertiary/aromatic N) is 1. The van der Waals surface area contributed by atoms with Crippen LogP contribution in [0.5, 0.6) is 0 Å². The third-order valence-electron chi connectivity index (χ3n) is 2.66. The second-order valence-corrected chi connectivity index (χ2v) is 6.29. The molecule has 0 bridgehead atoms. The SMILES string of the molecule is CCc1ccc(CNc2ncc(Br)cc2C(F)(F)F)s1. The second kappa shape index (κ2) is 6.13. The van der Waals surface area contributed by atoms with Gasteiger partial charge >= 0.3 is 6.18 Å². The summed E-state index contributed by atoms with van der Waals surface area (Å²) in [6.07, 6.45) is -2.15. The smallest absolute Gasteiger partial charge is 0.365 e. The van der Waals surface area contributed by atoms with Crippen LogP contribution in [-0.4, -0.2) is 4.98 Å². The highest BCUT2D eigenvalue weighted by Gasteiger charge is 2.34. The Morgan fingerprint density at radius 3 is 2.60 bits per heavy atom. The highest BCUT2D eigenvalue weighted by molar-refractivity contribution is 9.10. The monoisotopic (exact) mass is 364 g/mol. The first-order valence-electron chi connectivity index (χ1n) is 5.94. The van der Waals surface area contributed by atoms with Gasteiger partial charge in [-0.3, -0.25) is 0 Å². The summed E-state index contributed by atoms with van der Waals surface area (Å²) in [5.41, 5.74) is -0.765. The lowest BCUT2D eigenvalue weighted by atomic mass is 10.2. The summed E-state index contributed by atoms with van der Waals surface area (Å²) in [7, 11) is 0. The summed E-state index contributed by atoms with van der Waals surface area (Å²) in [5.74, 6) is -0.146. The molecule has 0 saturated carbocycles. The average Bonchev–Trinajstić information content (AvgIpc) is 2.84. The number of anilines is 1. The van der Waals surface area contributed by atoms with E-state index >= 15 is 0 Å². The van der Waals surface area contributed by atoms with Crippen molar-refractivity contribution in [1.82, 2.24) is 4.98 Å². The van der Waals surface area contributed by atoms with E-state index in [1.807, 2.05) is 19.1 Å². The minimum absolute atomic E-state index is 0.146. The van der Waals surface area contributed by atoms with Crippen molar-refractivity contribution < 1.29 is 13.2 Å². The Kier molecular flexibility index (Phi) is 4.70. The van der Waals surface area contributed by atoms with Gasteiger partial charge in [0.1, 0.15) is 5.82 Å². The molecule has 0 spiro atoms. The zero-order chi connectivity index (χ0) is 14.8. The molecule has 0 saturated heterocycles. The molecule has 2 aromatic heterocycles. The van der Waals surface area contributed by atoms with E-state index in [4.69, 9.17) is 0 Å². The minimum Gasteiger partial charge on any atom is -0.365 e. The molecule has 0 radical (unpaired) electrons. The minimum atomic E-state index is -4.43. The normalized spacial score (nSPS) is 11.7. The molecule has 2 rings (SSSR count). The molecule has 0 aliphatic rings. The lowest BCUT2D eigenvalue weighted by molar-refractivity contribution is -0.137. The average molecular weight is 365 g/mol. The Morgan fingerprint density at radius 2 is 2.00 bits per heavy atom. The molecule has 2 heterocycles. The molecule has 20 heavy (non-hydrogen) atoms. The third-order valence-corrected chi connectivity index (χ3v) is 4.32. The van der Waals surface area contributed by atoms with Gasteiger partial charge in [-0.15, -0.1) is 11.3 Å². The number of aromatic nitrogens is 1. The summed E-state index contributed by atoms with van der Waals surface area (Å²) in [6.45, 7) is 2.38. The zero-order valence-corrected chi connectivity index (χ0v) is 13.0. The fourth-order valence-corrected chi connectivity index (χ4v) is 2.90. The van der Waals surface area contributed by atoms with Gasteiger partial charge in [-0.05, 0) is 40.5 Å². The number of hydrogen-bond acceptors (Lipinski definition) is 3. The van der Waals surface area contributed by atoms with Crippen LogP contribution in [0.15, 0.2) is 28.9 Å². The molecular formula is C13H12BrF3N2S. The number of rotatable bonds is 4. The summed E-state index contributed by atoms with van der Waals surface area (Å²) >= 11 is 4.60. The summed E-state index contributed by atoms with van der Waals surface area (Å²) < 4.78 is 39.0. The number of thiophene rings is 1. The molecule has 0 aliphatic heterocycles. The maximum absolute atomic E-state index is 12.9. The van der Waals surface area contributed by atoms with Gasteiger partial charge in [0.25, 0.3) is 0 Å². The van der Waals surface area contributed by atoms with E-state index in [0.29, 0.717) is 11.0 Å². The second-order valence-electron chi connectivity index (χ2n) is 4.12. The number of aryl methyl sites for hydroxylation is 1. The molecule has 0 atom stereocenters. The van der Waals surface area contributed by atoms with E-state index in [1.165, 1.54) is 11.1 Å².